The second kappa shape index (κ2) is 25.5. The molecule has 6 unspecified atom stereocenters. The topological polar surface area (TPSA) is 95.0 Å². The highest BCUT2D eigenvalue weighted by Crippen LogP contribution is 2.72. The Hall–Kier alpha value is -6.15. The summed E-state index contributed by atoms with van der Waals surface area (Å²) in [6.45, 7) is 19.2. The molecule has 14 rings (SSSR count). The van der Waals surface area contributed by atoms with Crippen LogP contribution in [0.15, 0.2) is 163 Å². The van der Waals surface area contributed by atoms with Gasteiger partial charge in [-0.2, -0.15) is 0 Å². The van der Waals surface area contributed by atoms with Crippen LogP contribution in [0, 0.1) is 81.8 Å². The number of pyridine rings is 1. The molecule has 1 heterocycles. The summed E-state index contributed by atoms with van der Waals surface area (Å²) < 4.78 is 17.4. The summed E-state index contributed by atoms with van der Waals surface area (Å²) in [4.78, 5) is 31.3. The number of carbonyl (C=O) groups excluding carboxylic acids is 2. The number of aromatic nitrogens is 1. The van der Waals surface area contributed by atoms with Crippen molar-refractivity contribution in [3.63, 3.8) is 0 Å². The van der Waals surface area contributed by atoms with Crippen molar-refractivity contribution in [1.82, 2.24) is 4.98 Å². The Morgan fingerprint density at radius 1 is 0.539 bits per heavy atom. The fourth-order valence-electron chi connectivity index (χ4n) is 20.7. The molecule has 7 heteroatoms. The van der Waals surface area contributed by atoms with E-state index in [4.69, 9.17) is 14.2 Å². The highest BCUT2D eigenvalue weighted by Gasteiger charge is 2.67. The van der Waals surface area contributed by atoms with Crippen molar-refractivity contribution in [1.29, 1.82) is 0 Å². The zero-order valence-corrected chi connectivity index (χ0v) is 55.1. The minimum Gasteiger partial charge on any atom is -0.497 e. The third-order valence-electron chi connectivity index (χ3n) is 26.0. The molecule has 89 heavy (non-hydrogen) atoms. The van der Waals surface area contributed by atoms with Crippen LogP contribution in [0.2, 0.25) is 0 Å². The molecule has 6 saturated carbocycles. The number of aliphatic hydroxyl groups is 1. The molecule has 0 saturated heterocycles. The Labute approximate surface area is 532 Å². The molecule has 0 bridgehead atoms. The third kappa shape index (κ3) is 11.7. The number of benzene rings is 5. The summed E-state index contributed by atoms with van der Waals surface area (Å²) in [5.74, 6) is 6.52. The number of para-hydroxylation sites is 1. The van der Waals surface area contributed by atoms with Crippen LogP contribution in [0.4, 0.5) is 0 Å². The highest BCUT2D eigenvalue weighted by atomic mass is 16.5. The van der Waals surface area contributed by atoms with Gasteiger partial charge in [-0.3, -0.25) is 9.59 Å². The Morgan fingerprint density at radius 2 is 1.03 bits per heavy atom. The Bertz CT molecular complexity index is 3540. The Kier molecular flexibility index (Phi) is 18.1. The van der Waals surface area contributed by atoms with Crippen LogP contribution in [0.5, 0.6) is 11.6 Å². The summed E-state index contributed by atoms with van der Waals surface area (Å²) >= 11 is 0. The van der Waals surface area contributed by atoms with E-state index in [0.29, 0.717) is 59.2 Å². The van der Waals surface area contributed by atoms with Crippen LogP contribution in [0.25, 0.3) is 10.9 Å². The number of aryl methyl sites for hydroxylation is 2. The van der Waals surface area contributed by atoms with Gasteiger partial charge in [0.1, 0.15) is 23.9 Å². The molecule has 0 amide bonds. The molecule has 470 valence electrons. The van der Waals surface area contributed by atoms with Crippen LogP contribution >= 0.6 is 0 Å². The number of aliphatic hydroxyl groups excluding tert-OH is 1. The molecule has 6 fully saturated rings. The number of fused-ring (bicyclic) bond motifs is 11. The van der Waals surface area contributed by atoms with Crippen LogP contribution in [0.1, 0.15) is 178 Å². The Balaban J connectivity index is 0.000000135. The fourth-order valence-corrected chi connectivity index (χ4v) is 20.7. The molecular formula is C82H101NO6. The summed E-state index contributed by atoms with van der Waals surface area (Å²) in [5.41, 5.74) is 12.0. The van der Waals surface area contributed by atoms with Crippen molar-refractivity contribution in [2.75, 3.05) is 7.11 Å². The minimum absolute atomic E-state index is 0.103. The predicted molar refractivity (Wildman–Crippen MR) is 359 cm³/mol. The van der Waals surface area contributed by atoms with E-state index in [2.05, 4.69) is 150 Å². The van der Waals surface area contributed by atoms with E-state index in [-0.39, 0.29) is 33.2 Å². The Morgan fingerprint density at radius 3 is 1.58 bits per heavy atom. The van der Waals surface area contributed by atoms with E-state index in [1.807, 2.05) is 62.4 Å². The molecule has 8 aliphatic rings. The molecule has 5 aromatic carbocycles. The standard InChI is InChI=1S/C36H46O2.C28H38O2.C18H17NO2/c1-25-10-12-28(13-11-25)24-38-30-16-19-34(3)29(22-30)14-15-31-32(34)17-20-35(4)33(31)18-21-36(35,26(2)37)23-27-8-6-5-7-9-27;1-19(29)28(18-20-7-5-4-6-8-20)16-13-25-23-10-9-21-17-22(30)11-14-26(21,2)24(23)12-15-27(25,28)3;1-13-11-18(19-17-6-4-3-5-16(13)17)21-12-14-7-9-15(20-2)10-8-14/h5-14,30-33H,15-24H2,1-4H3;4-9,22-25,30H,10-18H2,1-3H3;3-11H,12H2,1-2H3/t30-,31?,32?,33?,34-,35-,36-;22-,23?,24?,25?,26-,27-,28-;/m00./s1. The van der Waals surface area contributed by atoms with Gasteiger partial charge in [0.25, 0.3) is 0 Å². The summed E-state index contributed by atoms with van der Waals surface area (Å²) in [6.07, 6.45) is 25.3. The van der Waals surface area contributed by atoms with Gasteiger partial charge >= 0.3 is 0 Å². The fraction of sp³-hybridized carbons (Fsp3) is 0.524. The van der Waals surface area contributed by atoms with Gasteiger partial charge in [-0.25, -0.2) is 4.98 Å². The van der Waals surface area contributed by atoms with E-state index in [0.717, 1.165) is 105 Å². The van der Waals surface area contributed by atoms with Crippen LogP contribution in [-0.2, 0) is 40.4 Å². The molecular weight excluding hydrogens is 1090 g/mol. The van der Waals surface area contributed by atoms with Gasteiger partial charge < -0.3 is 19.3 Å². The average molecular weight is 1200 g/mol. The lowest BCUT2D eigenvalue weighted by Crippen LogP contribution is -2.54. The number of rotatable bonds is 13. The van der Waals surface area contributed by atoms with Crippen molar-refractivity contribution >= 4 is 22.5 Å². The number of carbonyl (C=O) groups is 2. The third-order valence-corrected chi connectivity index (χ3v) is 26.0. The number of nitrogens with zero attached hydrogens (tertiary/aromatic N) is 1. The van der Waals surface area contributed by atoms with Gasteiger partial charge in [0, 0.05) is 22.3 Å². The lowest BCUT2D eigenvalue weighted by Gasteiger charge is -2.59. The molecule has 1 N–H and O–H groups in total. The molecule has 6 aromatic rings. The average Bonchev–Trinajstić information content (AvgIpc) is 1.65. The van der Waals surface area contributed by atoms with Crippen molar-refractivity contribution in [3.8, 4) is 11.6 Å². The van der Waals surface area contributed by atoms with Crippen LogP contribution < -0.4 is 9.47 Å². The minimum atomic E-state index is -0.212. The van der Waals surface area contributed by atoms with Crippen LogP contribution in [0.3, 0.4) is 0 Å². The van der Waals surface area contributed by atoms with E-state index < -0.39 is 0 Å². The number of methoxy groups -OCH3 is 1. The lowest BCUT2D eigenvalue weighted by atomic mass is 9.45. The lowest BCUT2D eigenvalue weighted by molar-refractivity contribution is -0.141. The first-order valence-corrected chi connectivity index (χ1v) is 34.3. The number of ketones is 2. The van der Waals surface area contributed by atoms with E-state index >= 15 is 0 Å². The number of allylic oxidation sites excluding steroid dienone is 2. The second-order valence-corrected chi connectivity index (χ2v) is 30.1. The predicted octanol–water partition coefficient (Wildman–Crippen LogP) is 18.9. The maximum atomic E-state index is 13.5. The van der Waals surface area contributed by atoms with Gasteiger partial charge in [0.15, 0.2) is 0 Å². The monoisotopic (exact) mass is 1200 g/mol. The van der Waals surface area contributed by atoms with Gasteiger partial charge in [0.05, 0.1) is 31.4 Å². The van der Waals surface area contributed by atoms with Crippen molar-refractivity contribution in [3.05, 3.63) is 196 Å². The van der Waals surface area contributed by atoms with Crippen LogP contribution in [-0.4, -0.2) is 41.0 Å². The number of ether oxygens (including phenoxy) is 3. The van der Waals surface area contributed by atoms with Crippen molar-refractivity contribution < 1.29 is 28.9 Å². The normalized spacial score (nSPS) is 34.0. The van der Waals surface area contributed by atoms with Gasteiger partial charge in [-0.1, -0.05) is 172 Å². The SMILES string of the molecule is CC(=O)[C@@]1(Cc2ccccc2)CCC2C3CC=C4C[C@@H](O)CC[C@]4(C)C3CC[C@@]21C.CC(=O)[C@@]1(Cc2ccccc2)CCC2C3CC=C4C[C@@H](OCc5ccc(C)cc5)CC[C@]4(C)C3CC[C@@]21C.COc1ccc(COc2cc(C)c3ccccc3n2)cc1. The molecule has 0 radical (unpaired) electrons. The zero-order valence-electron chi connectivity index (χ0n) is 55.1. The molecule has 0 aliphatic heterocycles. The largest absolute Gasteiger partial charge is 0.497 e. The molecule has 7 nitrogen and oxygen atoms in total. The molecule has 0 spiro atoms. The first-order valence-electron chi connectivity index (χ1n) is 34.3. The second-order valence-electron chi connectivity index (χ2n) is 30.1. The number of hydrogen-bond donors (Lipinski definition) is 1. The maximum Gasteiger partial charge on any atom is 0.214 e. The summed E-state index contributed by atoms with van der Waals surface area (Å²) in [7, 11) is 1.66. The molecule has 14 atom stereocenters. The quantitative estimate of drug-likeness (QED) is 0.115. The van der Waals surface area contributed by atoms with E-state index in [1.54, 1.807) is 12.7 Å². The van der Waals surface area contributed by atoms with Gasteiger partial charge in [-0.05, 0) is 246 Å². The van der Waals surface area contributed by atoms with E-state index in [9.17, 15) is 14.7 Å². The molecule has 1 aromatic heterocycles. The maximum absolute atomic E-state index is 13.5. The first kappa shape index (κ1) is 63.0. The zero-order chi connectivity index (χ0) is 62.3. The summed E-state index contributed by atoms with van der Waals surface area (Å²) in [6, 6.07) is 48.2. The van der Waals surface area contributed by atoms with Crippen molar-refractivity contribution in [2.24, 2.45) is 68.0 Å². The first-order chi connectivity index (χ1) is 42.8. The number of Topliss-reactive ketones (excluding diaryl/α,β-unsaturated/α-hetero) is 2. The summed E-state index contributed by atoms with van der Waals surface area (Å²) in [5, 5.41) is 11.4. The number of hydrogen-bond acceptors (Lipinski definition) is 7. The molecule has 8 aliphatic carbocycles. The van der Waals surface area contributed by atoms with Gasteiger partial charge in [-0.15, -0.1) is 0 Å². The smallest absolute Gasteiger partial charge is 0.214 e. The van der Waals surface area contributed by atoms with Crippen molar-refractivity contribution in [2.45, 2.75) is 196 Å². The van der Waals surface area contributed by atoms with E-state index in [1.165, 1.54) is 84.8 Å². The van der Waals surface area contributed by atoms with Gasteiger partial charge in [0.2, 0.25) is 5.88 Å². The highest BCUT2D eigenvalue weighted by molar-refractivity contribution is 5.85.